The predicted octanol–water partition coefficient (Wildman–Crippen LogP) is 5.70. The van der Waals surface area contributed by atoms with E-state index in [4.69, 9.17) is 23.7 Å². The molecule has 0 atom stereocenters. The van der Waals surface area contributed by atoms with E-state index in [2.05, 4.69) is 19.7 Å². The average molecular weight is 583 g/mol. The van der Waals surface area contributed by atoms with Gasteiger partial charge >= 0.3 is 29.8 Å². The molecule has 0 spiro atoms. The molecule has 3 rings (SSSR count). The summed E-state index contributed by atoms with van der Waals surface area (Å²) in [5.74, 6) is -3.66. The van der Waals surface area contributed by atoms with Crippen molar-refractivity contribution >= 4 is 29.8 Å². The van der Waals surface area contributed by atoms with Crippen LogP contribution >= 0.6 is 0 Å². The fraction of sp³-hybridized carbons (Fsp3) is 0.0606. The first kappa shape index (κ1) is 31.5. The van der Waals surface area contributed by atoms with E-state index in [9.17, 15) is 24.0 Å². The third-order valence-corrected chi connectivity index (χ3v) is 5.41. The highest BCUT2D eigenvalue weighted by Crippen LogP contribution is 2.40. The van der Waals surface area contributed by atoms with Gasteiger partial charge in [-0.1, -0.05) is 50.1 Å². The molecule has 10 nitrogen and oxygen atoms in total. The van der Waals surface area contributed by atoms with Gasteiger partial charge in [0.15, 0.2) is 23.0 Å². The number of allylic oxidation sites excluding steroid dienone is 1. The Morgan fingerprint density at radius 3 is 1.47 bits per heavy atom. The summed E-state index contributed by atoms with van der Waals surface area (Å²) >= 11 is 0. The van der Waals surface area contributed by atoms with Gasteiger partial charge in [0.2, 0.25) is 0 Å². The van der Waals surface area contributed by atoms with Gasteiger partial charge in [-0.3, -0.25) is 4.79 Å². The van der Waals surface area contributed by atoms with Gasteiger partial charge in [0.25, 0.3) is 0 Å². The molecule has 0 saturated carbocycles. The van der Waals surface area contributed by atoms with Crippen molar-refractivity contribution in [3.8, 4) is 51.0 Å². The molecular weight excluding hydrogens is 556 g/mol. The SMILES string of the molecule is C=CC(=O)Oc1ccc(-c2ccc(-c3ccc(OC(=O)C=C)c(OC(=O)C=C)c3)cc2OC(=O)/C=C/C)cc1OC(C)=O. The minimum atomic E-state index is -0.782. The molecule has 0 aliphatic rings. The van der Waals surface area contributed by atoms with Gasteiger partial charge in [-0.05, 0) is 53.9 Å². The molecule has 43 heavy (non-hydrogen) atoms. The molecule has 0 fully saturated rings. The molecule has 3 aromatic rings. The van der Waals surface area contributed by atoms with Crippen LogP contribution < -0.4 is 23.7 Å². The summed E-state index contributed by atoms with van der Waals surface area (Å²) in [6.07, 6.45) is 5.61. The molecule has 0 aliphatic carbocycles. The van der Waals surface area contributed by atoms with E-state index in [1.165, 1.54) is 43.3 Å². The van der Waals surface area contributed by atoms with Crippen LogP contribution in [-0.4, -0.2) is 29.8 Å². The summed E-state index contributed by atoms with van der Waals surface area (Å²) in [5.41, 5.74) is 1.91. The number of ether oxygens (including phenoxy) is 5. The third-order valence-electron chi connectivity index (χ3n) is 5.41. The summed E-state index contributed by atoms with van der Waals surface area (Å²) in [4.78, 5) is 59.7. The lowest BCUT2D eigenvalue weighted by Crippen LogP contribution is -2.09. The first-order valence-corrected chi connectivity index (χ1v) is 12.6. The first-order valence-electron chi connectivity index (χ1n) is 12.6. The lowest BCUT2D eigenvalue weighted by atomic mass is 9.98. The quantitative estimate of drug-likeness (QED) is 0.158. The van der Waals surface area contributed by atoms with E-state index < -0.39 is 29.8 Å². The number of hydrogen-bond acceptors (Lipinski definition) is 10. The molecule has 0 N–H and O–H groups in total. The average Bonchev–Trinajstić information content (AvgIpc) is 2.98. The van der Waals surface area contributed by atoms with Gasteiger partial charge in [-0.2, -0.15) is 0 Å². The normalized spacial score (nSPS) is 10.3. The van der Waals surface area contributed by atoms with Crippen molar-refractivity contribution in [2.45, 2.75) is 13.8 Å². The summed E-state index contributed by atoms with van der Waals surface area (Å²) in [7, 11) is 0. The summed E-state index contributed by atoms with van der Waals surface area (Å²) < 4.78 is 26.5. The highest BCUT2D eigenvalue weighted by Gasteiger charge is 2.18. The lowest BCUT2D eigenvalue weighted by molar-refractivity contribution is -0.133. The molecule has 0 aromatic heterocycles. The largest absolute Gasteiger partial charge is 0.423 e. The lowest BCUT2D eigenvalue weighted by Gasteiger charge is -2.15. The van der Waals surface area contributed by atoms with Crippen LogP contribution in [0.3, 0.4) is 0 Å². The van der Waals surface area contributed by atoms with Gasteiger partial charge < -0.3 is 23.7 Å². The van der Waals surface area contributed by atoms with Crippen LogP contribution in [0.25, 0.3) is 22.3 Å². The summed E-state index contributed by atoms with van der Waals surface area (Å²) in [6, 6.07) is 13.9. The maximum Gasteiger partial charge on any atom is 0.335 e. The molecule has 0 radical (unpaired) electrons. The van der Waals surface area contributed by atoms with Crippen LogP contribution in [0.4, 0.5) is 0 Å². The van der Waals surface area contributed by atoms with Crippen molar-refractivity contribution in [3.63, 3.8) is 0 Å². The summed E-state index contributed by atoms with van der Waals surface area (Å²) in [5, 5.41) is 0. The maximum absolute atomic E-state index is 12.5. The standard InChI is InChI=1S/C33H26O10/c1-6-10-33(38)42-27-17-21(22-12-15-26(41-31(36)8-3)29(18-22)43-32(37)9-4)11-14-24(27)23-13-16-25(40-30(35)7-2)28(19-23)39-20(5)34/h6-19H,2-4H2,1,5H3/b10-6+. The van der Waals surface area contributed by atoms with Crippen LogP contribution in [-0.2, 0) is 24.0 Å². The maximum atomic E-state index is 12.5. The molecule has 0 heterocycles. The minimum Gasteiger partial charge on any atom is -0.423 e. The molecule has 3 aromatic carbocycles. The number of esters is 5. The Morgan fingerprint density at radius 1 is 0.535 bits per heavy atom. The topological polar surface area (TPSA) is 132 Å². The van der Waals surface area contributed by atoms with Gasteiger partial charge in [0, 0.05) is 36.8 Å². The van der Waals surface area contributed by atoms with Crippen LogP contribution in [0.2, 0.25) is 0 Å². The fourth-order valence-electron chi connectivity index (χ4n) is 3.60. The van der Waals surface area contributed by atoms with E-state index in [0.29, 0.717) is 22.3 Å². The second-order valence-electron chi connectivity index (χ2n) is 8.42. The van der Waals surface area contributed by atoms with E-state index in [1.807, 2.05) is 0 Å². The highest BCUT2D eigenvalue weighted by molar-refractivity contribution is 5.89. The van der Waals surface area contributed by atoms with E-state index in [0.717, 1.165) is 18.2 Å². The van der Waals surface area contributed by atoms with Crippen molar-refractivity contribution < 1.29 is 47.7 Å². The number of benzene rings is 3. The van der Waals surface area contributed by atoms with E-state index in [-0.39, 0.29) is 28.7 Å². The van der Waals surface area contributed by atoms with Gasteiger partial charge in [-0.25, -0.2) is 19.2 Å². The number of carbonyl (C=O) groups is 5. The van der Waals surface area contributed by atoms with Crippen molar-refractivity contribution in [1.29, 1.82) is 0 Å². The van der Waals surface area contributed by atoms with Crippen molar-refractivity contribution in [2.75, 3.05) is 0 Å². The molecule has 218 valence electrons. The molecule has 0 aliphatic heterocycles. The Labute approximate surface area is 247 Å². The zero-order valence-corrected chi connectivity index (χ0v) is 23.3. The second-order valence-corrected chi connectivity index (χ2v) is 8.42. The summed E-state index contributed by atoms with van der Waals surface area (Å²) in [6.45, 7) is 12.9. The zero-order valence-electron chi connectivity index (χ0n) is 23.3. The van der Waals surface area contributed by atoms with Crippen molar-refractivity contribution in [2.24, 2.45) is 0 Å². The second kappa shape index (κ2) is 14.6. The highest BCUT2D eigenvalue weighted by atomic mass is 16.6. The first-order chi connectivity index (χ1) is 20.6. The van der Waals surface area contributed by atoms with Gasteiger partial charge in [-0.15, -0.1) is 0 Å². The van der Waals surface area contributed by atoms with Crippen molar-refractivity contribution in [3.05, 3.63) is 105 Å². The van der Waals surface area contributed by atoms with E-state index in [1.54, 1.807) is 37.3 Å². The Hall–Kier alpha value is -6.03. The number of rotatable bonds is 11. The zero-order chi connectivity index (χ0) is 31.5. The Balaban J connectivity index is 2.16. The fourth-order valence-corrected chi connectivity index (χ4v) is 3.60. The predicted molar refractivity (Wildman–Crippen MR) is 157 cm³/mol. The molecular formula is C33H26O10. The smallest absolute Gasteiger partial charge is 0.335 e. The molecule has 0 amide bonds. The molecule has 0 bridgehead atoms. The van der Waals surface area contributed by atoms with Gasteiger partial charge in [0.1, 0.15) is 5.75 Å². The van der Waals surface area contributed by atoms with Gasteiger partial charge in [0.05, 0.1) is 0 Å². The molecule has 0 unspecified atom stereocenters. The third kappa shape index (κ3) is 8.48. The minimum absolute atomic E-state index is 0.0215. The Morgan fingerprint density at radius 2 is 0.953 bits per heavy atom. The Kier molecular flexibility index (Phi) is 10.7. The van der Waals surface area contributed by atoms with Crippen molar-refractivity contribution in [1.82, 2.24) is 0 Å². The van der Waals surface area contributed by atoms with Crippen LogP contribution in [0.5, 0.6) is 28.7 Å². The van der Waals surface area contributed by atoms with Crippen LogP contribution in [0.15, 0.2) is 105 Å². The van der Waals surface area contributed by atoms with Crippen LogP contribution in [0, 0.1) is 0 Å². The number of hydrogen-bond donors (Lipinski definition) is 0. The molecule has 10 heteroatoms. The molecule has 0 saturated heterocycles. The monoisotopic (exact) mass is 582 g/mol. The number of carbonyl (C=O) groups excluding carboxylic acids is 5. The van der Waals surface area contributed by atoms with Crippen LogP contribution in [0.1, 0.15) is 13.8 Å². The Bertz CT molecular complexity index is 1660. The van der Waals surface area contributed by atoms with E-state index >= 15 is 0 Å².